The third kappa shape index (κ3) is 4.06. The Kier molecular flexibility index (Phi) is 4.99. The van der Waals surface area contributed by atoms with Crippen LogP contribution >= 0.6 is 11.6 Å². The number of halogens is 1. The van der Waals surface area contributed by atoms with Gasteiger partial charge in [-0.05, 0) is 62.4 Å². The number of carbonyl (C=O) groups is 1. The second-order valence-corrected chi connectivity index (χ2v) is 7.36. The Morgan fingerprint density at radius 3 is 2.89 bits per heavy atom. The normalized spacial score (nSPS) is 15.0. The second kappa shape index (κ2) is 7.56. The molecule has 0 atom stereocenters. The van der Waals surface area contributed by atoms with Crippen LogP contribution in [0, 0.1) is 6.92 Å². The molecule has 0 aliphatic heterocycles. The van der Waals surface area contributed by atoms with Crippen LogP contribution in [0.2, 0.25) is 5.02 Å². The Morgan fingerprint density at radius 2 is 2.07 bits per heavy atom. The predicted octanol–water partition coefficient (Wildman–Crippen LogP) is 5.47. The van der Waals surface area contributed by atoms with Crippen LogP contribution in [0.25, 0.3) is 22.6 Å². The van der Waals surface area contributed by atoms with E-state index in [0.717, 1.165) is 36.8 Å². The van der Waals surface area contributed by atoms with Gasteiger partial charge in [-0.2, -0.15) is 0 Å². The first-order valence-corrected chi connectivity index (χ1v) is 9.56. The zero-order valence-electron chi connectivity index (χ0n) is 15.1. The van der Waals surface area contributed by atoms with Gasteiger partial charge in [0.15, 0.2) is 5.65 Å². The Morgan fingerprint density at radius 1 is 1.26 bits per heavy atom. The third-order valence-corrected chi connectivity index (χ3v) is 5.10. The molecule has 0 bridgehead atoms. The number of carbonyl (C=O) groups excluding carboxylic acids is 1. The average Bonchev–Trinajstić information content (AvgIpc) is 3.07. The number of aryl methyl sites for hydroxylation is 1. The molecule has 2 N–H and O–H groups in total. The molecule has 1 aliphatic carbocycles. The molecule has 1 amide bonds. The summed E-state index contributed by atoms with van der Waals surface area (Å²) < 4.78 is 5.52. The van der Waals surface area contributed by atoms with E-state index < -0.39 is 6.09 Å². The Hall–Kier alpha value is -2.60. The van der Waals surface area contributed by atoms with Crippen molar-refractivity contribution in [3.8, 4) is 11.4 Å². The number of imidazole rings is 1. The summed E-state index contributed by atoms with van der Waals surface area (Å²) >= 11 is 6.36. The fraction of sp³-hybridized carbons (Fsp3) is 0.350. The molecule has 7 heteroatoms. The maximum Gasteiger partial charge on any atom is 0.411 e. The number of benzene rings is 1. The maximum absolute atomic E-state index is 12.2. The number of fused-ring (bicyclic) bond motifs is 1. The molecule has 6 nitrogen and oxygen atoms in total. The van der Waals surface area contributed by atoms with Crippen molar-refractivity contribution in [1.82, 2.24) is 15.0 Å². The van der Waals surface area contributed by atoms with Crippen molar-refractivity contribution < 1.29 is 9.53 Å². The minimum atomic E-state index is -0.433. The average molecular weight is 385 g/mol. The SMILES string of the molecule is Cc1cnc2nc(-c3cc(NC(=O)OC4CCCCC4)ccc3Cl)[nH]c2c1. The summed E-state index contributed by atoms with van der Waals surface area (Å²) in [5, 5.41) is 3.33. The zero-order valence-corrected chi connectivity index (χ0v) is 15.8. The number of nitrogens with zero attached hydrogens (tertiary/aromatic N) is 2. The number of hydrogen-bond donors (Lipinski definition) is 2. The fourth-order valence-corrected chi connectivity index (χ4v) is 3.61. The Bertz CT molecular complexity index is 979. The lowest BCUT2D eigenvalue weighted by atomic mass is 9.98. The lowest BCUT2D eigenvalue weighted by Crippen LogP contribution is -2.24. The number of hydrogen-bond acceptors (Lipinski definition) is 4. The molecule has 4 rings (SSSR count). The van der Waals surface area contributed by atoms with Crippen molar-refractivity contribution >= 4 is 34.5 Å². The highest BCUT2D eigenvalue weighted by molar-refractivity contribution is 6.33. The van der Waals surface area contributed by atoms with E-state index in [-0.39, 0.29) is 6.10 Å². The van der Waals surface area contributed by atoms with Crippen LogP contribution in [0.1, 0.15) is 37.7 Å². The molecule has 1 aliphatic rings. The van der Waals surface area contributed by atoms with E-state index in [0.29, 0.717) is 27.7 Å². The summed E-state index contributed by atoms with van der Waals surface area (Å²) in [6.45, 7) is 1.97. The van der Waals surface area contributed by atoms with E-state index in [1.807, 2.05) is 13.0 Å². The van der Waals surface area contributed by atoms with E-state index in [2.05, 4.69) is 20.3 Å². The van der Waals surface area contributed by atoms with Crippen molar-refractivity contribution in [2.24, 2.45) is 0 Å². The Labute approximate surface area is 162 Å². The van der Waals surface area contributed by atoms with Crippen molar-refractivity contribution in [3.63, 3.8) is 0 Å². The van der Waals surface area contributed by atoms with Gasteiger partial charge in [0.1, 0.15) is 11.9 Å². The van der Waals surface area contributed by atoms with Gasteiger partial charge in [-0.25, -0.2) is 14.8 Å². The number of amides is 1. The number of pyridine rings is 1. The first-order chi connectivity index (χ1) is 13.1. The smallest absolute Gasteiger partial charge is 0.411 e. The summed E-state index contributed by atoms with van der Waals surface area (Å²) in [6, 6.07) is 7.25. The van der Waals surface area contributed by atoms with Gasteiger partial charge in [0, 0.05) is 17.4 Å². The van der Waals surface area contributed by atoms with Crippen LogP contribution in [0.3, 0.4) is 0 Å². The molecule has 0 radical (unpaired) electrons. The first kappa shape index (κ1) is 17.8. The van der Waals surface area contributed by atoms with E-state index >= 15 is 0 Å². The van der Waals surface area contributed by atoms with Crippen molar-refractivity contribution in [3.05, 3.63) is 41.0 Å². The minimum Gasteiger partial charge on any atom is -0.446 e. The lowest BCUT2D eigenvalue weighted by Gasteiger charge is -2.21. The van der Waals surface area contributed by atoms with Gasteiger partial charge >= 0.3 is 6.09 Å². The molecule has 1 fully saturated rings. The second-order valence-electron chi connectivity index (χ2n) is 6.95. The van der Waals surface area contributed by atoms with Gasteiger partial charge in [0.2, 0.25) is 0 Å². The number of rotatable bonds is 3. The molecule has 1 saturated carbocycles. The fourth-order valence-electron chi connectivity index (χ4n) is 3.40. The van der Waals surface area contributed by atoms with Gasteiger partial charge in [0.25, 0.3) is 0 Å². The molecular weight excluding hydrogens is 364 g/mol. The molecule has 27 heavy (non-hydrogen) atoms. The summed E-state index contributed by atoms with van der Waals surface area (Å²) in [5.41, 5.74) is 3.82. The largest absolute Gasteiger partial charge is 0.446 e. The number of aromatic nitrogens is 3. The standard InChI is InChI=1S/C20H21ClN4O2/c1-12-9-17-19(22-11-12)25-18(24-17)15-10-13(7-8-16(15)21)23-20(26)27-14-5-3-2-4-6-14/h7-11,14H,2-6H2,1H3,(H,23,26)(H,22,24,25). The lowest BCUT2D eigenvalue weighted by molar-refractivity contribution is 0.0865. The zero-order chi connectivity index (χ0) is 18.8. The predicted molar refractivity (Wildman–Crippen MR) is 106 cm³/mol. The van der Waals surface area contributed by atoms with E-state index in [9.17, 15) is 4.79 Å². The van der Waals surface area contributed by atoms with Crippen molar-refractivity contribution in [1.29, 1.82) is 0 Å². The summed E-state index contributed by atoms with van der Waals surface area (Å²) in [4.78, 5) is 24.3. The van der Waals surface area contributed by atoms with Crippen LogP contribution in [0.15, 0.2) is 30.5 Å². The third-order valence-electron chi connectivity index (χ3n) is 4.77. The number of anilines is 1. The van der Waals surface area contributed by atoms with Crippen LogP contribution in [0.5, 0.6) is 0 Å². The van der Waals surface area contributed by atoms with Crippen molar-refractivity contribution in [2.75, 3.05) is 5.32 Å². The number of aromatic amines is 1. The maximum atomic E-state index is 12.2. The molecule has 1 aromatic carbocycles. The highest BCUT2D eigenvalue weighted by atomic mass is 35.5. The quantitative estimate of drug-likeness (QED) is 0.627. The van der Waals surface area contributed by atoms with Crippen LogP contribution in [-0.4, -0.2) is 27.1 Å². The van der Waals surface area contributed by atoms with Gasteiger partial charge < -0.3 is 9.72 Å². The van der Waals surface area contributed by atoms with Crippen LogP contribution in [-0.2, 0) is 4.74 Å². The summed E-state index contributed by atoms with van der Waals surface area (Å²) in [6.07, 6.45) is 6.66. The van der Waals surface area contributed by atoms with Crippen molar-refractivity contribution in [2.45, 2.75) is 45.1 Å². The highest BCUT2D eigenvalue weighted by Gasteiger charge is 2.18. The molecule has 0 saturated heterocycles. The minimum absolute atomic E-state index is 0.00945. The molecule has 2 aromatic heterocycles. The van der Waals surface area contributed by atoms with Gasteiger partial charge in [-0.3, -0.25) is 5.32 Å². The molecular formula is C20H21ClN4O2. The van der Waals surface area contributed by atoms with E-state index in [4.69, 9.17) is 16.3 Å². The topological polar surface area (TPSA) is 79.9 Å². The highest BCUT2D eigenvalue weighted by Crippen LogP contribution is 2.30. The van der Waals surface area contributed by atoms with E-state index in [1.165, 1.54) is 6.42 Å². The molecule has 0 spiro atoms. The van der Waals surface area contributed by atoms with Crippen LogP contribution in [0.4, 0.5) is 10.5 Å². The van der Waals surface area contributed by atoms with Gasteiger partial charge in [-0.15, -0.1) is 0 Å². The molecule has 3 aromatic rings. The van der Waals surface area contributed by atoms with Gasteiger partial charge in [0.05, 0.1) is 10.5 Å². The number of ether oxygens (including phenoxy) is 1. The summed E-state index contributed by atoms with van der Waals surface area (Å²) in [5.74, 6) is 0.609. The van der Waals surface area contributed by atoms with E-state index in [1.54, 1.807) is 24.4 Å². The first-order valence-electron chi connectivity index (χ1n) is 9.18. The number of H-pyrrole nitrogens is 1. The summed E-state index contributed by atoms with van der Waals surface area (Å²) in [7, 11) is 0. The molecule has 0 unspecified atom stereocenters. The Balaban J connectivity index is 1.54. The van der Waals surface area contributed by atoms with Crippen LogP contribution < -0.4 is 5.32 Å². The van der Waals surface area contributed by atoms with Gasteiger partial charge in [-0.1, -0.05) is 18.0 Å². The monoisotopic (exact) mass is 384 g/mol. The molecule has 2 heterocycles. The molecule has 140 valence electrons. The number of nitrogens with one attached hydrogen (secondary N) is 2.